The van der Waals surface area contributed by atoms with Crippen molar-refractivity contribution >= 4 is 17.3 Å². The van der Waals surface area contributed by atoms with Crippen molar-refractivity contribution in [1.82, 2.24) is 10.6 Å². The molecule has 3 nitrogen and oxygen atoms in total. The van der Waals surface area contributed by atoms with Crippen molar-refractivity contribution in [3.05, 3.63) is 42.5 Å². The minimum atomic E-state index is 0.227. The number of fused-ring (bicyclic) bond motifs is 1. The fraction of sp³-hybridized carbons (Fsp3) is 0.308. The summed E-state index contributed by atoms with van der Waals surface area (Å²) in [5.41, 5.74) is 1.17. The van der Waals surface area contributed by atoms with Crippen LogP contribution in [0.2, 0.25) is 0 Å². The van der Waals surface area contributed by atoms with Gasteiger partial charge in [0.05, 0.1) is 12.6 Å². The molecule has 0 saturated carbocycles. The molecule has 0 saturated heterocycles. The molecule has 1 aromatic carbocycles. The lowest BCUT2D eigenvalue weighted by Gasteiger charge is -2.27. The summed E-state index contributed by atoms with van der Waals surface area (Å²) < 4.78 is 5.60. The van der Waals surface area contributed by atoms with E-state index in [9.17, 15) is 0 Å². The summed E-state index contributed by atoms with van der Waals surface area (Å²) in [5, 5.41) is 7.03. The van der Waals surface area contributed by atoms with Gasteiger partial charge in [0.15, 0.2) is 5.11 Å². The number of para-hydroxylation sites is 1. The van der Waals surface area contributed by atoms with Crippen molar-refractivity contribution in [3.63, 3.8) is 0 Å². The van der Waals surface area contributed by atoms with Gasteiger partial charge in [-0.25, -0.2) is 0 Å². The molecule has 90 valence electrons. The zero-order chi connectivity index (χ0) is 12.1. The zero-order valence-corrected chi connectivity index (χ0v) is 10.4. The van der Waals surface area contributed by atoms with Gasteiger partial charge < -0.3 is 15.4 Å². The second-order valence-corrected chi connectivity index (χ2v) is 4.28. The maximum absolute atomic E-state index is 5.60. The van der Waals surface area contributed by atoms with Crippen molar-refractivity contribution in [1.29, 1.82) is 0 Å². The quantitative estimate of drug-likeness (QED) is 0.634. The normalized spacial score (nSPS) is 17.5. The second-order valence-electron chi connectivity index (χ2n) is 3.87. The van der Waals surface area contributed by atoms with Crippen LogP contribution in [-0.2, 0) is 0 Å². The van der Waals surface area contributed by atoms with Gasteiger partial charge in [-0.2, -0.15) is 0 Å². The molecule has 1 heterocycles. The molecule has 17 heavy (non-hydrogen) atoms. The van der Waals surface area contributed by atoms with Crippen LogP contribution in [0.15, 0.2) is 36.9 Å². The summed E-state index contributed by atoms with van der Waals surface area (Å²) in [7, 11) is 0. The molecule has 0 amide bonds. The first-order valence-electron chi connectivity index (χ1n) is 5.68. The Labute approximate surface area is 107 Å². The van der Waals surface area contributed by atoms with E-state index in [1.807, 2.05) is 18.2 Å². The van der Waals surface area contributed by atoms with Crippen LogP contribution in [0.3, 0.4) is 0 Å². The van der Waals surface area contributed by atoms with E-state index in [2.05, 4.69) is 23.3 Å². The molecular weight excluding hydrogens is 232 g/mol. The third-order valence-electron chi connectivity index (χ3n) is 2.67. The van der Waals surface area contributed by atoms with Gasteiger partial charge in [-0.1, -0.05) is 24.3 Å². The first-order chi connectivity index (χ1) is 8.31. The van der Waals surface area contributed by atoms with Crippen molar-refractivity contribution in [2.45, 2.75) is 12.5 Å². The smallest absolute Gasteiger partial charge is 0.167 e. The molecule has 2 rings (SSSR count). The lowest BCUT2D eigenvalue weighted by Crippen LogP contribution is -2.39. The fourth-order valence-electron chi connectivity index (χ4n) is 1.87. The minimum absolute atomic E-state index is 0.227. The monoisotopic (exact) mass is 248 g/mol. The molecule has 0 spiro atoms. The number of thiocarbonyl (C=S) groups is 1. The van der Waals surface area contributed by atoms with Gasteiger partial charge in [-0.15, -0.1) is 6.58 Å². The van der Waals surface area contributed by atoms with Crippen LogP contribution in [0.4, 0.5) is 0 Å². The lowest BCUT2D eigenvalue weighted by atomic mass is 10.0. The number of hydrogen-bond donors (Lipinski definition) is 2. The molecule has 1 unspecified atom stereocenters. The number of ether oxygens (including phenoxy) is 1. The highest BCUT2D eigenvalue weighted by atomic mass is 32.1. The molecule has 1 aromatic rings. The van der Waals surface area contributed by atoms with Crippen LogP contribution in [0.1, 0.15) is 18.0 Å². The molecule has 1 atom stereocenters. The number of rotatable bonds is 3. The summed E-state index contributed by atoms with van der Waals surface area (Å²) in [6.45, 7) is 5.04. The van der Waals surface area contributed by atoms with Crippen LogP contribution in [-0.4, -0.2) is 18.3 Å². The third kappa shape index (κ3) is 2.97. The summed E-state index contributed by atoms with van der Waals surface area (Å²) in [5.74, 6) is 0.947. The van der Waals surface area contributed by atoms with Gasteiger partial charge >= 0.3 is 0 Å². The summed E-state index contributed by atoms with van der Waals surface area (Å²) in [6, 6.07) is 8.29. The topological polar surface area (TPSA) is 33.3 Å². The summed E-state index contributed by atoms with van der Waals surface area (Å²) in [4.78, 5) is 0. The average Bonchev–Trinajstić information content (AvgIpc) is 2.37. The van der Waals surface area contributed by atoms with Crippen LogP contribution in [0.25, 0.3) is 0 Å². The summed E-state index contributed by atoms with van der Waals surface area (Å²) >= 11 is 5.22. The van der Waals surface area contributed by atoms with Crippen molar-refractivity contribution in [3.8, 4) is 5.75 Å². The van der Waals surface area contributed by atoms with Gasteiger partial charge in [0.2, 0.25) is 0 Å². The Balaban J connectivity index is 2.03. The molecule has 0 aromatic heterocycles. The first kappa shape index (κ1) is 11.9. The number of benzene rings is 1. The lowest BCUT2D eigenvalue weighted by molar-refractivity contribution is 0.262. The van der Waals surface area contributed by atoms with Gasteiger partial charge in [-0.05, 0) is 18.3 Å². The predicted octanol–water partition coefficient (Wildman–Crippen LogP) is 2.16. The maximum atomic E-state index is 5.60. The second kappa shape index (κ2) is 5.68. The zero-order valence-electron chi connectivity index (χ0n) is 9.61. The number of hydrogen-bond acceptors (Lipinski definition) is 2. The van der Waals surface area contributed by atoms with E-state index >= 15 is 0 Å². The maximum Gasteiger partial charge on any atom is 0.167 e. The van der Waals surface area contributed by atoms with Gasteiger partial charge in [0.1, 0.15) is 5.75 Å². The third-order valence-corrected chi connectivity index (χ3v) is 2.93. The highest BCUT2D eigenvalue weighted by Crippen LogP contribution is 2.31. The average molecular weight is 248 g/mol. The molecule has 0 radical (unpaired) electrons. The molecule has 2 N–H and O–H groups in total. The highest BCUT2D eigenvalue weighted by Gasteiger charge is 2.21. The fourth-order valence-corrected chi connectivity index (χ4v) is 2.09. The molecule has 0 aliphatic carbocycles. The van der Waals surface area contributed by atoms with E-state index in [0.29, 0.717) is 11.7 Å². The van der Waals surface area contributed by atoms with E-state index in [4.69, 9.17) is 17.0 Å². The van der Waals surface area contributed by atoms with Crippen LogP contribution in [0.5, 0.6) is 5.75 Å². The minimum Gasteiger partial charge on any atom is -0.493 e. The summed E-state index contributed by atoms with van der Waals surface area (Å²) in [6.07, 6.45) is 2.71. The van der Waals surface area contributed by atoms with Crippen LogP contribution >= 0.6 is 12.2 Å². The Morgan fingerprint density at radius 1 is 1.53 bits per heavy atom. The van der Waals surface area contributed by atoms with Crippen LogP contribution < -0.4 is 15.4 Å². The molecule has 0 fully saturated rings. The standard InChI is InChI=1S/C13H16N2OS/c1-2-8-14-13(17)15-11-7-9-16-12-6-4-3-5-10(11)12/h2-6,11H,1,7-9H2,(H2,14,15,17). The number of nitrogens with one attached hydrogen (secondary N) is 2. The van der Waals surface area contributed by atoms with E-state index < -0.39 is 0 Å². The van der Waals surface area contributed by atoms with E-state index in [0.717, 1.165) is 18.8 Å². The van der Waals surface area contributed by atoms with Crippen LogP contribution in [0, 0.1) is 0 Å². The molecule has 4 heteroatoms. The Morgan fingerprint density at radius 3 is 3.18 bits per heavy atom. The molecular formula is C13H16N2OS. The largest absolute Gasteiger partial charge is 0.493 e. The van der Waals surface area contributed by atoms with E-state index in [1.165, 1.54) is 5.56 Å². The predicted molar refractivity (Wildman–Crippen MR) is 73.2 cm³/mol. The SMILES string of the molecule is C=CCNC(=S)NC1CCOc2ccccc21. The Bertz CT molecular complexity index is 420. The highest BCUT2D eigenvalue weighted by molar-refractivity contribution is 7.80. The van der Waals surface area contributed by atoms with Crippen molar-refractivity contribution in [2.75, 3.05) is 13.2 Å². The van der Waals surface area contributed by atoms with Crippen molar-refractivity contribution < 1.29 is 4.74 Å². The Hall–Kier alpha value is -1.55. The Kier molecular flexibility index (Phi) is 3.98. The molecule has 1 aliphatic heterocycles. The Morgan fingerprint density at radius 2 is 2.35 bits per heavy atom. The van der Waals surface area contributed by atoms with Gasteiger partial charge in [-0.3, -0.25) is 0 Å². The molecule has 0 bridgehead atoms. The van der Waals surface area contributed by atoms with Gasteiger partial charge in [0.25, 0.3) is 0 Å². The molecule has 1 aliphatic rings. The van der Waals surface area contributed by atoms with E-state index in [-0.39, 0.29) is 6.04 Å². The van der Waals surface area contributed by atoms with Crippen molar-refractivity contribution in [2.24, 2.45) is 0 Å². The van der Waals surface area contributed by atoms with E-state index in [1.54, 1.807) is 6.08 Å². The first-order valence-corrected chi connectivity index (χ1v) is 6.09. The van der Waals surface area contributed by atoms with Gasteiger partial charge in [0, 0.05) is 18.5 Å².